The number of fused-ring (bicyclic) bond motifs is 1. The molecule has 3 rings (SSSR count). The summed E-state index contributed by atoms with van der Waals surface area (Å²) in [5.74, 6) is 0.151. The number of ether oxygens (including phenoxy) is 1. The van der Waals surface area contributed by atoms with Crippen LogP contribution in [0.4, 0.5) is 0 Å². The summed E-state index contributed by atoms with van der Waals surface area (Å²) < 4.78 is 6.70. The molecule has 1 fully saturated rings. The molecule has 22 heavy (non-hydrogen) atoms. The van der Waals surface area contributed by atoms with Gasteiger partial charge in [-0.3, -0.25) is 0 Å². The molecule has 5 nitrogen and oxygen atoms in total. The molecule has 2 aromatic heterocycles. The standard InChI is InChI=1S/C17H23N3O2/c1-12(2)19-8-4-5-13(9-19)15-11-20-10-14(17(21)22-3)6-7-16(20)18-15/h6-7,10-13H,4-5,8-9H2,1-3H3. The number of pyridine rings is 1. The first-order chi connectivity index (χ1) is 10.6. The summed E-state index contributed by atoms with van der Waals surface area (Å²) >= 11 is 0. The SMILES string of the molecule is COC(=O)c1ccc2nc(C3CCCN(C(C)C)C3)cn2c1. The number of hydrogen-bond acceptors (Lipinski definition) is 4. The van der Waals surface area contributed by atoms with Crippen molar-refractivity contribution in [3.8, 4) is 0 Å². The molecule has 0 aliphatic carbocycles. The molecular formula is C17H23N3O2. The molecule has 0 bridgehead atoms. The van der Waals surface area contributed by atoms with Crippen molar-refractivity contribution in [2.45, 2.75) is 38.6 Å². The Balaban J connectivity index is 1.87. The highest BCUT2D eigenvalue weighted by molar-refractivity contribution is 5.89. The van der Waals surface area contributed by atoms with E-state index in [1.54, 1.807) is 12.3 Å². The Labute approximate surface area is 130 Å². The van der Waals surface area contributed by atoms with Crippen LogP contribution in [0, 0.1) is 0 Å². The molecule has 3 heterocycles. The van der Waals surface area contributed by atoms with Crippen LogP contribution in [0.1, 0.15) is 48.7 Å². The summed E-state index contributed by atoms with van der Waals surface area (Å²) in [4.78, 5) is 18.9. The van der Waals surface area contributed by atoms with Crippen LogP contribution in [-0.2, 0) is 4.74 Å². The molecule has 1 unspecified atom stereocenters. The largest absolute Gasteiger partial charge is 0.465 e. The predicted molar refractivity (Wildman–Crippen MR) is 85.2 cm³/mol. The minimum atomic E-state index is -0.319. The first-order valence-electron chi connectivity index (χ1n) is 7.89. The van der Waals surface area contributed by atoms with Gasteiger partial charge in [-0.15, -0.1) is 0 Å². The van der Waals surface area contributed by atoms with E-state index in [2.05, 4.69) is 24.9 Å². The van der Waals surface area contributed by atoms with Gasteiger partial charge in [-0.25, -0.2) is 9.78 Å². The van der Waals surface area contributed by atoms with Crippen molar-refractivity contribution >= 4 is 11.6 Å². The van der Waals surface area contributed by atoms with Gasteiger partial charge in [-0.1, -0.05) is 0 Å². The number of likely N-dealkylation sites (tertiary alicyclic amines) is 1. The van der Waals surface area contributed by atoms with Crippen molar-refractivity contribution in [2.75, 3.05) is 20.2 Å². The highest BCUT2D eigenvalue weighted by Gasteiger charge is 2.24. The number of rotatable bonds is 3. The van der Waals surface area contributed by atoms with Gasteiger partial charge in [0.25, 0.3) is 0 Å². The maximum atomic E-state index is 11.6. The van der Waals surface area contributed by atoms with Gasteiger partial charge in [0.15, 0.2) is 0 Å². The van der Waals surface area contributed by atoms with E-state index in [0.29, 0.717) is 17.5 Å². The molecule has 0 N–H and O–H groups in total. The van der Waals surface area contributed by atoms with Crippen LogP contribution < -0.4 is 0 Å². The van der Waals surface area contributed by atoms with Crippen LogP contribution in [0.2, 0.25) is 0 Å². The van der Waals surface area contributed by atoms with Crippen LogP contribution in [0.15, 0.2) is 24.5 Å². The molecule has 2 aromatic rings. The Morgan fingerprint density at radius 3 is 2.91 bits per heavy atom. The van der Waals surface area contributed by atoms with Gasteiger partial charge in [0.2, 0.25) is 0 Å². The van der Waals surface area contributed by atoms with Crippen molar-refractivity contribution in [1.82, 2.24) is 14.3 Å². The first-order valence-corrected chi connectivity index (χ1v) is 7.89. The molecular weight excluding hydrogens is 278 g/mol. The average molecular weight is 301 g/mol. The van der Waals surface area contributed by atoms with E-state index < -0.39 is 0 Å². The Kier molecular flexibility index (Phi) is 4.16. The summed E-state index contributed by atoms with van der Waals surface area (Å²) in [6, 6.07) is 4.21. The van der Waals surface area contributed by atoms with Gasteiger partial charge < -0.3 is 14.0 Å². The number of imidazole rings is 1. The van der Waals surface area contributed by atoms with Crippen molar-refractivity contribution in [1.29, 1.82) is 0 Å². The number of carbonyl (C=O) groups is 1. The smallest absolute Gasteiger partial charge is 0.339 e. The predicted octanol–water partition coefficient (Wildman–Crippen LogP) is 2.71. The minimum absolute atomic E-state index is 0.319. The van der Waals surface area contributed by atoms with E-state index in [1.165, 1.54) is 26.5 Å². The van der Waals surface area contributed by atoms with Gasteiger partial charge in [0.1, 0.15) is 5.65 Å². The molecule has 1 aliphatic rings. The van der Waals surface area contributed by atoms with Gasteiger partial charge >= 0.3 is 5.97 Å². The lowest BCUT2D eigenvalue weighted by Crippen LogP contribution is -2.39. The Hall–Kier alpha value is -1.88. The second-order valence-corrected chi connectivity index (χ2v) is 6.27. The highest BCUT2D eigenvalue weighted by Crippen LogP contribution is 2.27. The molecule has 1 aliphatic heterocycles. The van der Waals surface area contributed by atoms with E-state index in [1.807, 2.05) is 10.5 Å². The Morgan fingerprint density at radius 2 is 2.18 bits per heavy atom. The number of aromatic nitrogens is 2. The fraction of sp³-hybridized carbons (Fsp3) is 0.529. The second kappa shape index (κ2) is 6.08. The second-order valence-electron chi connectivity index (χ2n) is 6.27. The zero-order valence-electron chi connectivity index (χ0n) is 13.5. The number of nitrogens with zero attached hydrogens (tertiary/aromatic N) is 3. The van der Waals surface area contributed by atoms with Crippen molar-refractivity contribution in [2.24, 2.45) is 0 Å². The Bertz CT molecular complexity index is 678. The fourth-order valence-electron chi connectivity index (χ4n) is 3.16. The molecule has 0 aromatic carbocycles. The van der Waals surface area contributed by atoms with E-state index in [0.717, 1.165) is 17.9 Å². The van der Waals surface area contributed by atoms with Gasteiger partial charge in [0.05, 0.1) is 18.4 Å². The number of piperidine rings is 1. The number of carbonyl (C=O) groups excluding carboxylic acids is 1. The van der Waals surface area contributed by atoms with Crippen LogP contribution in [0.25, 0.3) is 5.65 Å². The summed E-state index contributed by atoms with van der Waals surface area (Å²) in [6.07, 6.45) is 6.23. The summed E-state index contributed by atoms with van der Waals surface area (Å²) in [5.41, 5.74) is 2.54. The van der Waals surface area contributed by atoms with Gasteiger partial charge in [-0.05, 0) is 45.4 Å². The maximum absolute atomic E-state index is 11.6. The quantitative estimate of drug-likeness (QED) is 0.818. The third kappa shape index (κ3) is 2.86. The van der Waals surface area contributed by atoms with E-state index in [4.69, 9.17) is 9.72 Å². The molecule has 5 heteroatoms. The van der Waals surface area contributed by atoms with Crippen molar-refractivity contribution < 1.29 is 9.53 Å². The molecule has 1 saturated heterocycles. The number of esters is 1. The number of hydrogen-bond donors (Lipinski definition) is 0. The summed E-state index contributed by atoms with van der Waals surface area (Å²) in [5, 5.41) is 0. The minimum Gasteiger partial charge on any atom is -0.465 e. The van der Waals surface area contributed by atoms with Crippen LogP contribution in [0.3, 0.4) is 0 Å². The van der Waals surface area contributed by atoms with Crippen molar-refractivity contribution in [3.05, 3.63) is 35.8 Å². The zero-order valence-corrected chi connectivity index (χ0v) is 13.5. The van der Waals surface area contributed by atoms with Crippen LogP contribution >= 0.6 is 0 Å². The third-order valence-corrected chi connectivity index (χ3v) is 4.49. The molecule has 0 saturated carbocycles. The lowest BCUT2D eigenvalue weighted by atomic mass is 9.94. The van der Waals surface area contributed by atoms with Crippen LogP contribution in [-0.4, -0.2) is 46.5 Å². The first kappa shape index (κ1) is 15.0. The lowest BCUT2D eigenvalue weighted by molar-refractivity contribution is 0.0600. The molecule has 0 radical (unpaired) electrons. The summed E-state index contributed by atoms with van der Waals surface area (Å²) in [6.45, 7) is 6.73. The monoisotopic (exact) mass is 301 g/mol. The molecule has 0 amide bonds. The Morgan fingerprint density at radius 1 is 1.36 bits per heavy atom. The third-order valence-electron chi connectivity index (χ3n) is 4.49. The number of methoxy groups -OCH3 is 1. The van der Waals surface area contributed by atoms with E-state index in [9.17, 15) is 4.79 Å². The van der Waals surface area contributed by atoms with E-state index >= 15 is 0 Å². The molecule has 0 spiro atoms. The summed E-state index contributed by atoms with van der Waals surface area (Å²) in [7, 11) is 1.40. The normalized spacial score (nSPS) is 19.7. The van der Waals surface area contributed by atoms with Crippen LogP contribution in [0.5, 0.6) is 0 Å². The zero-order chi connectivity index (χ0) is 15.7. The fourth-order valence-corrected chi connectivity index (χ4v) is 3.16. The molecule has 118 valence electrons. The van der Waals surface area contributed by atoms with E-state index in [-0.39, 0.29) is 5.97 Å². The lowest BCUT2D eigenvalue weighted by Gasteiger charge is -2.34. The highest BCUT2D eigenvalue weighted by atomic mass is 16.5. The van der Waals surface area contributed by atoms with Gasteiger partial charge in [0, 0.05) is 30.9 Å². The topological polar surface area (TPSA) is 46.8 Å². The molecule has 1 atom stereocenters. The van der Waals surface area contributed by atoms with Gasteiger partial charge in [-0.2, -0.15) is 0 Å². The van der Waals surface area contributed by atoms with Crippen molar-refractivity contribution in [3.63, 3.8) is 0 Å². The maximum Gasteiger partial charge on any atom is 0.339 e. The average Bonchev–Trinajstić information content (AvgIpc) is 2.97.